The SMILES string of the molecule is Cc1ncsc1-c1ccc(CNC(=O)[C@@H]2C[C@@H](O)CN2C(=O)[C@@H](NC(=O)COCCOCCOC/C(N)=C/NCCCC(=O)N2CCN(CC#Cc3ccc(OCCCc4sc(N5CCc6cccc(C(=O)Cc7nc8ccccc8s7)c6C5)nc4C(=O)O)c(F)c3)CC2)C(C)(C)C)cc1. The van der Waals surface area contributed by atoms with E-state index < -0.39 is 47.2 Å². The maximum Gasteiger partial charge on any atom is 0.355 e. The third kappa shape index (κ3) is 20.5. The van der Waals surface area contributed by atoms with Crippen LogP contribution in [-0.4, -0.2) is 192 Å². The van der Waals surface area contributed by atoms with Gasteiger partial charge in [-0.2, -0.15) is 0 Å². The summed E-state index contributed by atoms with van der Waals surface area (Å²) in [6, 6.07) is 24.1. The van der Waals surface area contributed by atoms with Gasteiger partial charge in [-0.25, -0.2) is 24.1 Å². The number of ketones is 1. The molecule has 4 amide bonds. The molecule has 0 bridgehead atoms. The number of aromatic carboxylic acids is 1. The number of benzene rings is 4. The lowest BCUT2D eigenvalue weighted by molar-refractivity contribution is -0.144. The highest BCUT2D eigenvalue weighted by Crippen LogP contribution is 2.35. The lowest BCUT2D eigenvalue weighted by Crippen LogP contribution is -2.58. The van der Waals surface area contributed by atoms with Crippen LogP contribution in [-0.2, 0) is 65.7 Å². The zero-order valence-electron chi connectivity index (χ0n) is 56.7. The van der Waals surface area contributed by atoms with Gasteiger partial charge in [-0.15, -0.1) is 34.0 Å². The van der Waals surface area contributed by atoms with Gasteiger partial charge in [0.05, 0.1) is 90.7 Å². The quantitative estimate of drug-likeness (QED) is 0.0135. The van der Waals surface area contributed by atoms with Crippen molar-refractivity contribution in [2.45, 2.75) is 104 Å². The number of aromatic nitrogens is 3. The summed E-state index contributed by atoms with van der Waals surface area (Å²) in [6.07, 6.45) is 3.49. The molecule has 10 rings (SSSR count). The molecule has 0 aliphatic carbocycles. The molecule has 27 heteroatoms. The molecule has 0 saturated carbocycles. The van der Waals surface area contributed by atoms with Crippen molar-refractivity contribution in [3.05, 3.63) is 157 Å². The van der Waals surface area contributed by atoms with Crippen LogP contribution in [0.2, 0.25) is 0 Å². The molecule has 2 fully saturated rings. The number of rotatable bonds is 32. The number of likely N-dealkylation sites (tertiary alicyclic amines) is 1. The number of halogens is 1. The van der Waals surface area contributed by atoms with Crippen molar-refractivity contribution in [1.82, 2.24) is 45.6 Å². The molecule has 0 radical (unpaired) electrons. The summed E-state index contributed by atoms with van der Waals surface area (Å²) >= 11 is 4.39. The van der Waals surface area contributed by atoms with E-state index in [2.05, 4.69) is 47.6 Å². The number of para-hydroxylation sites is 1. The average molecular weight is 1420 g/mol. The Balaban J connectivity index is 0.545. The number of carbonyl (C=O) groups is 6. The molecule has 7 aromatic rings. The van der Waals surface area contributed by atoms with Gasteiger partial charge in [0.1, 0.15) is 23.7 Å². The number of aliphatic hydroxyl groups excluding tert-OH is 1. The number of carbonyl (C=O) groups excluding carboxylic acids is 5. The summed E-state index contributed by atoms with van der Waals surface area (Å²) in [7, 11) is 0. The smallest absolute Gasteiger partial charge is 0.355 e. The zero-order chi connectivity index (χ0) is 70.7. The van der Waals surface area contributed by atoms with Crippen molar-refractivity contribution in [2.24, 2.45) is 11.1 Å². The highest BCUT2D eigenvalue weighted by Gasteiger charge is 2.44. The molecule has 530 valence electrons. The maximum atomic E-state index is 15.2. The number of fused-ring (bicyclic) bond motifs is 2. The van der Waals surface area contributed by atoms with E-state index in [0.717, 1.165) is 48.0 Å². The molecule has 3 aromatic heterocycles. The number of amides is 4. The van der Waals surface area contributed by atoms with Crippen LogP contribution in [0.15, 0.2) is 102 Å². The second-order valence-corrected chi connectivity index (χ2v) is 28.9. The van der Waals surface area contributed by atoms with E-state index in [-0.39, 0.29) is 101 Å². The number of Topliss-reactive ketones (excluding diaryl/α,β-unsaturated/α-hetero) is 1. The normalized spacial score (nSPS) is 16.0. The standard InChI is InChI=1S/C73H86FN11O12S3/c1-47-67(98-46-78-47)51-21-18-49(19-22-51)40-77-69(90)58-38-53(86)42-85(58)70(91)68(73(2,3)4)80-63(88)45-96-36-34-94-33-35-95-44-52(75)41-76-25-8-17-65(89)83-30-28-82(29-31-83)26-9-11-48-20-23-60(56(74)37-48)97-32-10-16-62-66(71(92)93)81-72(100-62)84-27-24-50-12-7-13-54(55(50)43-84)59(87)39-64-79-57-14-5-6-15-61(57)99-64/h5-7,12-15,18-23,37,41,46,53,58,68,76,86H,8,10,16-17,24-36,38-40,42-45,75H2,1-4H3,(H,77,90)(H,80,88)(H,92,93)/b52-41-/t53-,58+,68-/m1/s1. The molecule has 3 aliphatic rings. The molecular weight excluding hydrogens is 1340 g/mol. The molecule has 0 spiro atoms. The van der Waals surface area contributed by atoms with E-state index in [0.29, 0.717) is 111 Å². The van der Waals surface area contributed by atoms with Gasteiger partial charge >= 0.3 is 5.97 Å². The molecule has 3 aliphatic heterocycles. The van der Waals surface area contributed by atoms with Gasteiger partial charge in [0.15, 0.2) is 28.2 Å². The van der Waals surface area contributed by atoms with Crippen LogP contribution in [0.4, 0.5) is 9.52 Å². The first-order valence-electron chi connectivity index (χ1n) is 33.6. The highest BCUT2D eigenvalue weighted by atomic mass is 32.1. The van der Waals surface area contributed by atoms with Gasteiger partial charge in [0.2, 0.25) is 23.6 Å². The first kappa shape index (κ1) is 74.0. The Morgan fingerprint density at radius 2 is 1.65 bits per heavy atom. The number of aliphatic hydroxyl groups is 1. The van der Waals surface area contributed by atoms with Crippen molar-refractivity contribution < 1.29 is 62.3 Å². The Morgan fingerprint density at radius 3 is 2.39 bits per heavy atom. The highest BCUT2D eigenvalue weighted by molar-refractivity contribution is 7.18. The Bertz CT molecular complexity index is 4060. The lowest BCUT2D eigenvalue weighted by Gasteiger charge is -2.35. The van der Waals surface area contributed by atoms with Gasteiger partial charge in [-0.05, 0) is 90.6 Å². The molecule has 100 heavy (non-hydrogen) atoms. The predicted octanol–water partition coefficient (Wildman–Crippen LogP) is 7.55. The monoisotopic (exact) mass is 1420 g/mol. The van der Waals surface area contributed by atoms with Crippen molar-refractivity contribution >= 4 is 84.7 Å². The number of nitrogens with zero attached hydrogens (tertiary/aromatic N) is 7. The van der Waals surface area contributed by atoms with Gasteiger partial charge in [-0.3, -0.25) is 28.9 Å². The summed E-state index contributed by atoms with van der Waals surface area (Å²) < 4.78 is 38.8. The number of ether oxygens (including phenoxy) is 4. The van der Waals surface area contributed by atoms with Crippen molar-refractivity contribution in [1.29, 1.82) is 0 Å². The Morgan fingerprint density at radius 1 is 0.880 bits per heavy atom. The molecular formula is C73H86FN11O12S3. The lowest BCUT2D eigenvalue weighted by atomic mass is 9.85. The molecule has 0 unspecified atom stereocenters. The fourth-order valence-electron chi connectivity index (χ4n) is 12.0. The molecule has 3 atom stereocenters. The predicted molar refractivity (Wildman–Crippen MR) is 382 cm³/mol. The van der Waals surface area contributed by atoms with Crippen LogP contribution in [0.5, 0.6) is 5.75 Å². The van der Waals surface area contributed by atoms with Crippen molar-refractivity contribution in [3.8, 4) is 28.0 Å². The molecule has 6 heterocycles. The Labute approximate surface area is 593 Å². The first-order chi connectivity index (χ1) is 48.2. The van der Waals surface area contributed by atoms with Gasteiger partial charge in [-0.1, -0.05) is 87.2 Å². The maximum absolute atomic E-state index is 15.2. The summed E-state index contributed by atoms with van der Waals surface area (Å²) in [5, 5.41) is 30.9. The number of nitrogens with two attached hydrogens (primary N) is 1. The number of aryl methyl sites for hydroxylation is 2. The number of β-amino-alcohol motifs (C(OH)–C–C–N with tert-alkyl or cyclic N) is 1. The number of carboxylic acids is 1. The van der Waals surface area contributed by atoms with Crippen LogP contribution in [0.1, 0.15) is 105 Å². The van der Waals surface area contributed by atoms with Crippen molar-refractivity contribution in [3.63, 3.8) is 0 Å². The number of anilines is 1. The molecule has 7 N–H and O–H groups in total. The van der Waals surface area contributed by atoms with Crippen LogP contribution < -0.4 is 31.3 Å². The Kier molecular flexibility index (Phi) is 26.3. The minimum atomic E-state index is -1.13. The van der Waals surface area contributed by atoms with E-state index in [9.17, 15) is 39.0 Å². The van der Waals surface area contributed by atoms with Crippen LogP contribution in [0.25, 0.3) is 20.7 Å². The van der Waals surface area contributed by atoms with Gasteiger partial charge in [0, 0.05) is 93.9 Å². The third-order valence-electron chi connectivity index (χ3n) is 17.3. The molecule has 4 aromatic carbocycles. The summed E-state index contributed by atoms with van der Waals surface area (Å²) in [4.78, 5) is 102. The van der Waals surface area contributed by atoms with Crippen LogP contribution in [0.3, 0.4) is 0 Å². The number of piperazine rings is 1. The van der Waals surface area contributed by atoms with E-state index >= 15 is 4.39 Å². The number of hydrogen-bond donors (Lipinski definition) is 6. The number of hydrogen-bond acceptors (Lipinski definition) is 21. The molecule has 2 saturated heterocycles. The van der Waals surface area contributed by atoms with E-state index in [1.54, 1.807) is 35.2 Å². The second-order valence-electron chi connectivity index (χ2n) is 25.9. The van der Waals surface area contributed by atoms with E-state index in [1.165, 1.54) is 33.6 Å². The Hall–Kier alpha value is -8.72. The van der Waals surface area contributed by atoms with Crippen molar-refractivity contribution in [2.75, 3.05) is 104 Å². The average Bonchev–Trinajstić information content (AvgIpc) is 1.58. The number of thiazole rings is 3. The van der Waals surface area contributed by atoms with E-state index in [4.69, 9.17) is 24.7 Å². The van der Waals surface area contributed by atoms with E-state index in [1.807, 2.05) is 104 Å². The minimum absolute atomic E-state index is 0.0140. The third-order valence-corrected chi connectivity index (χ3v) is 20.5. The minimum Gasteiger partial charge on any atom is -0.491 e. The zero-order valence-corrected chi connectivity index (χ0v) is 59.2. The largest absolute Gasteiger partial charge is 0.491 e. The fraction of sp³-hybridized carbons (Fsp3) is 0.438. The van der Waals surface area contributed by atoms with Crippen LogP contribution >= 0.6 is 34.0 Å². The number of carboxylic acid groups (broad SMARTS) is 1. The first-order valence-corrected chi connectivity index (χ1v) is 36.1. The summed E-state index contributed by atoms with van der Waals surface area (Å²) in [5.74, 6) is 3.25. The van der Waals surface area contributed by atoms with Gasteiger partial charge in [0.25, 0.3) is 0 Å². The summed E-state index contributed by atoms with van der Waals surface area (Å²) in [6.45, 7) is 12.9. The number of nitrogens with one attached hydrogen (secondary N) is 3. The fourth-order valence-corrected chi connectivity index (χ4v) is 14.9. The molecule has 23 nitrogen and oxygen atoms in total. The second kappa shape index (κ2) is 35.5. The van der Waals surface area contributed by atoms with Gasteiger partial charge < -0.3 is 65.5 Å². The van der Waals surface area contributed by atoms with Crippen LogP contribution in [0, 0.1) is 30.0 Å². The summed E-state index contributed by atoms with van der Waals surface area (Å²) in [5.41, 5.74) is 14.5. The topological polar surface area (TPSA) is 294 Å².